The molecule has 0 spiro atoms. The van der Waals surface area contributed by atoms with E-state index in [1.807, 2.05) is 45.0 Å². The third-order valence-electron chi connectivity index (χ3n) is 5.43. The molecule has 0 unspecified atom stereocenters. The van der Waals surface area contributed by atoms with Gasteiger partial charge in [-0.15, -0.1) is 0 Å². The highest BCUT2D eigenvalue weighted by atomic mass is 32.2. The Balaban J connectivity index is 2.40. The average molecular weight is 492 g/mol. The van der Waals surface area contributed by atoms with Gasteiger partial charge in [0.2, 0.25) is 21.8 Å². The van der Waals surface area contributed by atoms with E-state index in [1.54, 1.807) is 0 Å². The molecule has 7 nitrogen and oxygen atoms in total. The standard InChI is InChI=1S/C25H34FN3O4S/c1-5-7-14-27-25(31)23(6-2)28(17-20-11-8-10-19(3)15-20)24(30)18-29(34(4,32)33)22-13-9-12-21(26)16-22/h8-13,15-16,23H,5-7,14,17-18H2,1-4H3,(H,27,31)/t23-/m1/s1. The molecule has 0 aliphatic carbocycles. The Hall–Kier alpha value is -2.94. The number of nitrogens with zero attached hydrogens (tertiary/aromatic N) is 2. The van der Waals surface area contributed by atoms with Crippen LogP contribution in [0.1, 0.15) is 44.2 Å². The average Bonchev–Trinajstić information content (AvgIpc) is 2.76. The van der Waals surface area contributed by atoms with Gasteiger partial charge in [-0.1, -0.05) is 56.2 Å². The van der Waals surface area contributed by atoms with Crippen LogP contribution in [0.25, 0.3) is 0 Å². The van der Waals surface area contributed by atoms with Crippen LogP contribution in [0.5, 0.6) is 0 Å². The summed E-state index contributed by atoms with van der Waals surface area (Å²) in [5, 5.41) is 2.88. The summed E-state index contributed by atoms with van der Waals surface area (Å²) in [5.41, 5.74) is 1.87. The highest BCUT2D eigenvalue weighted by molar-refractivity contribution is 7.92. The first kappa shape index (κ1) is 27.3. The van der Waals surface area contributed by atoms with Gasteiger partial charge >= 0.3 is 0 Å². The summed E-state index contributed by atoms with van der Waals surface area (Å²) < 4.78 is 39.7. The maximum Gasteiger partial charge on any atom is 0.244 e. The van der Waals surface area contributed by atoms with Crippen molar-refractivity contribution in [3.63, 3.8) is 0 Å². The van der Waals surface area contributed by atoms with Gasteiger partial charge in [0.1, 0.15) is 18.4 Å². The Bertz CT molecular complexity index is 1090. The zero-order valence-corrected chi connectivity index (χ0v) is 21.1. The molecule has 0 saturated carbocycles. The number of halogens is 1. The topological polar surface area (TPSA) is 86.8 Å². The molecule has 0 saturated heterocycles. The monoisotopic (exact) mass is 491 g/mol. The fourth-order valence-electron chi connectivity index (χ4n) is 3.68. The number of rotatable bonds is 12. The van der Waals surface area contributed by atoms with Crippen molar-refractivity contribution in [2.24, 2.45) is 0 Å². The fraction of sp³-hybridized carbons (Fsp3) is 0.440. The predicted molar refractivity (Wildman–Crippen MR) is 132 cm³/mol. The Morgan fingerprint density at radius 1 is 1.09 bits per heavy atom. The molecule has 1 N–H and O–H groups in total. The Labute approximate surface area is 202 Å². The van der Waals surface area contributed by atoms with Gasteiger partial charge in [0, 0.05) is 13.1 Å². The van der Waals surface area contributed by atoms with Crippen LogP contribution in [0.4, 0.5) is 10.1 Å². The molecule has 2 aromatic rings. The van der Waals surface area contributed by atoms with Crippen molar-refractivity contribution in [2.45, 2.75) is 52.6 Å². The second kappa shape index (κ2) is 12.5. The number of hydrogen-bond acceptors (Lipinski definition) is 4. The molecule has 2 aromatic carbocycles. The quantitative estimate of drug-likeness (QED) is 0.460. The minimum atomic E-state index is -3.89. The first-order valence-electron chi connectivity index (χ1n) is 11.4. The molecule has 1 atom stereocenters. The molecule has 2 rings (SSSR count). The largest absolute Gasteiger partial charge is 0.354 e. The summed E-state index contributed by atoms with van der Waals surface area (Å²) in [6, 6.07) is 11.9. The number of carbonyl (C=O) groups excluding carboxylic acids is 2. The van der Waals surface area contributed by atoms with E-state index in [0.29, 0.717) is 13.0 Å². The van der Waals surface area contributed by atoms with Gasteiger partial charge in [0.05, 0.1) is 11.9 Å². The molecule has 0 aromatic heterocycles. The van der Waals surface area contributed by atoms with Crippen LogP contribution in [-0.2, 0) is 26.2 Å². The van der Waals surface area contributed by atoms with E-state index in [2.05, 4.69) is 5.32 Å². The van der Waals surface area contributed by atoms with Crippen LogP contribution in [0.2, 0.25) is 0 Å². The minimum Gasteiger partial charge on any atom is -0.354 e. The lowest BCUT2D eigenvalue weighted by Gasteiger charge is -2.33. The van der Waals surface area contributed by atoms with Crippen molar-refractivity contribution in [3.8, 4) is 0 Å². The van der Waals surface area contributed by atoms with E-state index >= 15 is 0 Å². The van der Waals surface area contributed by atoms with Crippen molar-refractivity contribution in [3.05, 3.63) is 65.5 Å². The number of amides is 2. The van der Waals surface area contributed by atoms with E-state index in [1.165, 1.54) is 23.1 Å². The van der Waals surface area contributed by atoms with Gasteiger partial charge in [0.25, 0.3) is 0 Å². The molecule has 0 bridgehead atoms. The molecular weight excluding hydrogens is 457 g/mol. The molecule has 0 aliphatic rings. The zero-order valence-electron chi connectivity index (χ0n) is 20.3. The normalized spacial score (nSPS) is 12.1. The highest BCUT2D eigenvalue weighted by Crippen LogP contribution is 2.20. The number of hydrogen-bond donors (Lipinski definition) is 1. The van der Waals surface area contributed by atoms with Crippen molar-refractivity contribution >= 4 is 27.5 Å². The first-order chi connectivity index (χ1) is 16.1. The molecule has 0 fully saturated rings. The van der Waals surface area contributed by atoms with Gasteiger partial charge < -0.3 is 10.2 Å². The molecule has 0 radical (unpaired) electrons. The SMILES string of the molecule is CCCCNC(=O)[C@@H](CC)N(Cc1cccc(C)c1)C(=O)CN(c1cccc(F)c1)S(C)(=O)=O. The molecule has 2 amide bonds. The number of sulfonamides is 1. The molecule has 9 heteroatoms. The summed E-state index contributed by atoms with van der Waals surface area (Å²) in [6.07, 6.45) is 3.05. The zero-order chi connectivity index (χ0) is 25.3. The number of nitrogens with one attached hydrogen (secondary N) is 1. The first-order valence-corrected chi connectivity index (χ1v) is 13.3. The van der Waals surface area contributed by atoms with Crippen LogP contribution in [0.15, 0.2) is 48.5 Å². The molecule has 0 aliphatic heterocycles. The summed E-state index contributed by atoms with van der Waals surface area (Å²) >= 11 is 0. The minimum absolute atomic E-state index is 0.0480. The summed E-state index contributed by atoms with van der Waals surface area (Å²) in [6.45, 7) is 5.84. The van der Waals surface area contributed by atoms with E-state index in [0.717, 1.165) is 40.6 Å². The predicted octanol–water partition coefficient (Wildman–Crippen LogP) is 3.62. The van der Waals surface area contributed by atoms with E-state index < -0.39 is 34.3 Å². The fourth-order valence-corrected chi connectivity index (χ4v) is 4.52. The van der Waals surface area contributed by atoms with Crippen molar-refractivity contribution in [2.75, 3.05) is 23.7 Å². The van der Waals surface area contributed by atoms with E-state index in [-0.39, 0.29) is 18.1 Å². The second-order valence-corrected chi connectivity index (χ2v) is 10.2. The maximum atomic E-state index is 13.8. The third-order valence-corrected chi connectivity index (χ3v) is 6.57. The molecule has 0 heterocycles. The summed E-state index contributed by atoms with van der Waals surface area (Å²) in [5.74, 6) is -1.45. The second-order valence-electron chi connectivity index (χ2n) is 8.33. The molecular formula is C25H34FN3O4S. The number of benzene rings is 2. The van der Waals surface area contributed by atoms with E-state index in [4.69, 9.17) is 0 Å². The Morgan fingerprint density at radius 3 is 2.38 bits per heavy atom. The van der Waals surface area contributed by atoms with Gasteiger partial charge in [0.15, 0.2) is 0 Å². The van der Waals surface area contributed by atoms with Gasteiger partial charge in [-0.25, -0.2) is 12.8 Å². The van der Waals surface area contributed by atoms with Crippen molar-refractivity contribution < 1.29 is 22.4 Å². The number of unbranched alkanes of at least 4 members (excludes halogenated alkanes) is 1. The van der Waals surface area contributed by atoms with Gasteiger partial charge in [-0.2, -0.15) is 0 Å². The maximum absolute atomic E-state index is 13.8. The van der Waals surface area contributed by atoms with Crippen LogP contribution in [0.3, 0.4) is 0 Å². The molecule has 186 valence electrons. The Morgan fingerprint density at radius 2 is 1.79 bits per heavy atom. The lowest BCUT2D eigenvalue weighted by Crippen LogP contribution is -2.52. The van der Waals surface area contributed by atoms with E-state index in [9.17, 15) is 22.4 Å². The van der Waals surface area contributed by atoms with Gasteiger partial charge in [-0.05, 0) is 43.5 Å². The smallest absolute Gasteiger partial charge is 0.244 e. The van der Waals surface area contributed by atoms with Crippen LogP contribution < -0.4 is 9.62 Å². The van der Waals surface area contributed by atoms with Crippen LogP contribution in [-0.4, -0.2) is 50.5 Å². The van der Waals surface area contributed by atoms with Crippen LogP contribution in [0, 0.1) is 12.7 Å². The number of aryl methyl sites for hydroxylation is 1. The van der Waals surface area contributed by atoms with Crippen molar-refractivity contribution in [1.82, 2.24) is 10.2 Å². The molecule has 34 heavy (non-hydrogen) atoms. The summed E-state index contributed by atoms with van der Waals surface area (Å²) in [4.78, 5) is 27.9. The lowest BCUT2D eigenvalue weighted by atomic mass is 10.1. The van der Waals surface area contributed by atoms with Gasteiger partial charge in [-0.3, -0.25) is 13.9 Å². The summed E-state index contributed by atoms with van der Waals surface area (Å²) in [7, 11) is -3.89. The van der Waals surface area contributed by atoms with Crippen molar-refractivity contribution in [1.29, 1.82) is 0 Å². The Kier molecular flexibility index (Phi) is 10.0. The highest BCUT2D eigenvalue weighted by Gasteiger charge is 2.31. The number of carbonyl (C=O) groups is 2. The number of anilines is 1. The van der Waals surface area contributed by atoms with Crippen LogP contribution >= 0.6 is 0 Å². The third kappa shape index (κ3) is 7.83. The lowest BCUT2D eigenvalue weighted by molar-refractivity contribution is -0.140.